The van der Waals surface area contributed by atoms with Crippen molar-refractivity contribution in [3.63, 3.8) is 0 Å². The molecule has 0 spiro atoms. The molecule has 0 aliphatic heterocycles. The second-order valence-corrected chi connectivity index (χ2v) is 6.70. The van der Waals surface area contributed by atoms with Crippen molar-refractivity contribution in [3.8, 4) is 0 Å². The van der Waals surface area contributed by atoms with E-state index in [1.54, 1.807) is 0 Å². The molecular formula is C17H25N3S. The summed E-state index contributed by atoms with van der Waals surface area (Å²) in [7, 11) is 0. The van der Waals surface area contributed by atoms with E-state index in [-0.39, 0.29) is 10.8 Å². The number of nitrogens with zero attached hydrogens (tertiary/aromatic N) is 2. The maximum Gasteiger partial charge on any atom is 0.0949 e. The van der Waals surface area contributed by atoms with Crippen molar-refractivity contribution in [1.82, 2.24) is 9.55 Å². The average Bonchev–Trinajstić information content (AvgIpc) is 3.00. The lowest BCUT2D eigenvalue weighted by molar-refractivity contribution is 0.454. The topological polar surface area (TPSA) is 43.8 Å². The maximum atomic E-state index is 6.44. The summed E-state index contributed by atoms with van der Waals surface area (Å²) in [5, 5.41) is 0. The van der Waals surface area contributed by atoms with Crippen molar-refractivity contribution in [3.05, 3.63) is 54.1 Å². The molecule has 0 saturated carbocycles. The van der Waals surface area contributed by atoms with E-state index in [9.17, 15) is 0 Å². The molecule has 0 fully saturated rings. The fourth-order valence-electron chi connectivity index (χ4n) is 2.69. The number of benzene rings is 1. The van der Waals surface area contributed by atoms with E-state index in [1.165, 1.54) is 0 Å². The first-order chi connectivity index (χ1) is 10.2. The molecule has 0 amide bonds. The predicted octanol–water partition coefficient (Wildman–Crippen LogP) is 3.85. The fourth-order valence-corrected chi connectivity index (χ4v) is 3.54. The van der Waals surface area contributed by atoms with Gasteiger partial charge >= 0.3 is 0 Å². The SMILES string of the molecule is CCC(CC)(Cn1cncc1C(N)c1ccccc1)SC. The van der Waals surface area contributed by atoms with Crippen molar-refractivity contribution in [2.24, 2.45) is 5.73 Å². The lowest BCUT2D eigenvalue weighted by atomic mass is 10.0. The summed E-state index contributed by atoms with van der Waals surface area (Å²) in [6.45, 7) is 5.47. The van der Waals surface area contributed by atoms with Crippen LogP contribution in [0.5, 0.6) is 0 Å². The summed E-state index contributed by atoms with van der Waals surface area (Å²) in [5.41, 5.74) is 8.65. The van der Waals surface area contributed by atoms with Crippen LogP contribution < -0.4 is 5.73 Å². The Morgan fingerprint density at radius 3 is 2.48 bits per heavy atom. The molecule has 1 heterocycles. The van der Waals surface area contributed by atoms with Gasteiger partial charge in [0.05, 0.1) is 24.3 Å². The van der Waals surface area contributed by atoms with Gasteiger partial charge in [0, 0.05) is 11.3 Å². The van der Waals surface area contributed by atoms with Crippen LogP contribution in [-0.4, -0.2) is 20.6 Å². The van der Waals surface area contributed by atoms with Gasteiger partial charge in [0.15, 0.2) is 0 Å². The molecular weight excluding hydrogens is 278 g/mol. The van der Waals surface area contributed by atoms with Gasteiger partial charge in [-0.05, 0) is 24.7 Å². The van der Waals surface area contributed by atoms with Crippen molar-refractivity contribution < 1.29 is 0 Å². The Morgan fingerprint density at radius 1 is 1.24 bits per heavy atom. The van der Waals surface area contributed by atoms with Crippen molar-refractivity contribution >= 4 is 11.8 Å². The Hall–Kier alpha value is -1.26. The molecule has 21 heavy (non-hydrogen) atoms. The van der Waals surface area contributed by atoms with Crippen molar-refractivity contribution in [2.75, 3.05) is 6.26 Å². The average molecular weight is 303 g/mol. The summed E-state index contributed by atoms with van der Waals surface area (Å²) in [6.07, 6.45) is 8.29. The molecule has 2 rings (SSSR count). The first-order valence-corrected chi connectivity index (χ1v) is 8.74. The van der Waals surface area contributed by atoms with Crippen LogP contribution in [0.4, 0.5) is 0 Å². The van der Waals surface area contributed by atoms with Gasteiger partial charge < -0.3 is 10.3 Å². The highest BCUT2D eigenvalue weighted by Crippen LogP contribution is 2.33. The molecule has 114 valence electrons. The van der Waals surface area contributed by atoms with E-state index >= 15 is 0 Å². The van der Waals surface area contributed by atoms with Crippen LogP contribution in [0.15, 0.2) is 42.9 Å². The number of imidazole rings is 1. The summed E-state index contributed by atoms with van der Waals surface area (Å²) in [6, 6.07) is 10.1. The zero-order valence-electron chi connectivity index (χ0n) is 13.1. The van der Waals surface area contributed by atoms with E-state index < -0.39 is 0 Å². The van der Waals surface area contributed by atoms with Crippen LogP contribution in [0, 0.1) is 0 Å². The molecule has 0 bridgehead atoms. The normalized spacial score (nSPS) is 13.3. The number of thioether (sulfide) groups is 1. The first kappa shape index (κ1) is 16.1. The minimum atomic E-state index is -0.123. The minimum absolute atomic E-state index is 0.123. The standard InChI is InChI=1S/C17H25N3S/c1-4-17(5-2,21-3)12-20-13-19-11-15(20)16(18)14-9-7-6-8-10-14/h6-11,13,16H,4-5,12,18H2,1-3H3. The Bertz CT molecular complexity index is 538. The molecule has 3 nitrogen and oxygen atoms in total. The molecule has 1 unspecified atom stereocenters. The molecule has 4 heteroatoms. The van der Waals surface area contributed by atoms with Gasteiger partial charge in [-0.15, -0.1) is 0 Å². The highest BCUT2D eigenvalue weighted by molar-refractivity contribution is 8.00. The van der Waals surface area contributed by atoms with Gasteiger partial charge in [0.25, 0.3) is 0 Å². The lowest BCUT2D eigenvalue weighted by Crippen LogP contribution is -2.30. The third kappa shape index (κ3) is 3.50. The highest BCUT2D eigenvalue weighted by atomic mass is 32.2. The second-order valence-electron chi connectivity index (χ2n) is 5.43. The summed E-state index contributed by atoms with van der Waals surface area (Å²) >= 11 is 1.94. The molecule has 0 radical (unpaired) electrons. The highest BCUT2D eigenvalue weighted by Gasteiger charge is 2.27. The molecule has 2 aromatic rings. The van der Waals surface area contributed by atoms with Crippen LogP contribution >= 0.6 is 11.8 Å². The fraction of sp³-hybridized carbons (Fsp3) is 0.471. The number of hydrogen-bond donors (Lipinski definition) is 1. The molecule has 2 N–H and O–H groups in total. The van der Waals surface area contributed by atoms with Crippen LogP contribution in [-0.2, 0) is 6.54 Å². The van der Waals surface area contributed by atoms with E-state index in [4.69, 9.17) is 5.73 Å². The zero-order valence-corrected chi connectivity index (χ0v) is 13.9. The minimum Gasteiger partial charge on any atom is -0.331 e. The summed E-state index contributed by atoms with van der Waals surface area (Å²) in [5.74, 6) is 0. The molecule has 1 aromatic carbocycles. The van der Waals surface area contributed by atoms with Gasteiger partial charge in [-0.3, -0.25) is 0 Å². The van der Waals surface area contributed by atoms with Gasteiger partial charge in [-0.2, -0.15) is 11.8 Å². The Kier molecular flexibility index (Phi) is 5.48. The quantitative estimate of drug-likeness (QED) is 0.845. The van der Waals surface area contributed by atoms with E-state index in [1.807, 2.05) is 42.5 Å². The summed E-state index contributed by atoms with van der Waals surface area (Å²) < 4.78 is 2.48. The van der Waals surface area contributed by atoms with Crippen LogP contribution in [0.25, 0.3) is 0 Å². The van der Waals surface area contributed by atoms with Crippen LogP contribution in [0.1, 0.15) is 44.0 Å². The number of nitrogens with two attached hydrogens (primary N) is 1. The van der Waals surface area contributed by atoms with E-state index in [2.05, 4.69) is 41.8 Å². The summed E-state index contributed by atoms with van der Waals surface area (Å²) in [4.78, 5) is 4.33. The Labute approximate surface area is 132 Å². The number of hydrogen-bond acceptors (Lipinski definition) is 3. The molecule has 0 aliphatic rings. The van der Waals surface area contributed by atoms with Gasteiger partial charge in [-0.1, -0.05) is 44.2 Å². The largest absolute Gasteiger partial charge is 0.331 e. The molecule has 1 atom stereocenters. The smallest absolute Gasteiger partial charge is 0.0949 e. The predicted molar refractivity (Wildman–Crippen MR) is 91.5 cm³/mol. The Morgan fingerprint density at radius 2 is 1.90 bits per heavy atom. The first-order valence-electron chi connectivity index (χ1n) is 7.51. The maximum absolute atomic E-state index is 6.44. The van der Waals surface area contributed by atoms with Gasteiger partial charge in [-0.25, -0.2) is 4.98 Å². The molecule has 1 aromatic heterocycles. The second kappa shape index (κ2) is 7.14. The van der Waals surface area contributed by atoms with E-state index in [0.29, 0.717) is 0 Å². The van der Waals surface area contributed by atoms with Crippen LogP contribution in [0.3, 0.4) is 0 Å². The van der Waals surface area contributed by atoms with Crippen LogP contribution in [0.2, 0.25) is 0 Å². The Balaban J connectivity index is 2.26. The van der Waals surface area contributed by atoms with Gasteiger partial charge in [0.1, 0.15) is 0 Å². The molecule has 0 saturated heterocycles. The third-order valence-corrected chi connectivity index (χ3v) is 5.97. The van der Waals surface area contributed by atoms with Crippen molar-refractivity contribution in [2.45, 2.75) is 44.0 Å². The monoisotopic (exact) mass is 303 g/mol. The van der Waals surface area contributed by atoms with Gasteiger partial charge in [0.2, 0.25) is 0 Å². The molecule has 0 aliphatic carbocycles. The lowest BCUT2D eigenvalue weighted by Gasteiger charge is -2.31. The third-order valence-electron chi connectivity index (χ3n) is 4.40. The zero-order chi connectivity index (χ0) is 15.3. The number of rotatable bonds is 7. The van der Waals surface area contributed by atoms with E-state index in [0.717, 1.165) is 30.6 Å². The van der Waals surface area contributed by atoms with Crippen molar-refractivity contribution in [1.29, 1.82) is 0 Å². The number of aromatic nitrogens is 2.